The number of halogens is 2. The summed E-state index contributed by atoms with van der Waals surface area (Å²) in [6.45, 7) is 0. The van der Waals surface area contributed by atoms with Gasteiger partial charge in [-0.05, 0) is 30.9 Å². The molecule has 1 aromatic rings. The number of nitrogens with zero attached hydrogens (tertiary/aromatic N) is 1. The molecule has 1 aliphatic carbocycles. The highest BCUT2D eigenvalue weighted by Crippen LogP contribution is 2.28. The second-order valence-electron chi connectivity index (χ2n) is 4.36. The van der Waals surface area contributed by atoms with Gasteiger partial charge in [0.05, 0.1) is 0 Å². The highest BCUT2D eigenvalue weighted by Gasteiger charge is 2.32. The highest BCUT2D eigenvalue weighted by atomic mass is 79.9. The van der Waals surface area contributed by atoms with Crippen molar-refractivity contribution in [3.8, 4) is 0 Å². The molecule has 1 heterocycles. The van der Waals surface area contributed by atoms with Gasteiger partial charge in [0.2, 0.25) is 5.03 Å². The van der Waals surface area contributed by atoms with Crippen molar-refractivity contribution in [1.29, 1.82) is 0 Å². The van der Waals surface area contributed by atoms with Gasteiger partial charge >= 0.3 is 0 Å². The second kappa shape index (κ2) is 5.63. The Balaban J connectivity index is 2.20. The van der Waals surface area contributed by atoms with Crippen LogP contribution in [0.3, 0.4) is 0 Å². The van der Waals surface area contributed by atoms with E-state index in [2.05, 4.69) is 25.6 Å². The third-order valence-electron chi connectivity index (χ3n) is 3.14. The molecule has 0 amide bonds. The van der Waals surface area contributed by atoms with Crippen LogP contribution in [0.1, 0.15) is 19.3 Å². The van der Waals surface area contributed by atoms with Crippen molar-refractivity contribution in [2.75, 3.05) is 5.33 Å². The average Bonchev–Trinajstić information content (AvgIpc) is 2.76. The van der Waals surface area contributed by atoms with E-state index in [1.54, 1.807) is 0 Å². The number of rotatable bonds is 4. The summed E-state index contributed by atoms with van der Waals surface area (Å²) in [5.41, 5.74) is 0. The maximum absolute atomic E-state index is 13.4. The number of aromatic nitrogens is 1. The Hall–Kier alpha value is -0.530. The first-order valence-corrected chi connectivity index (χ1v) is 8.34. The zero-order chi connectivity index (χ0) is 13.2. The van der Waals surface area contributed by atoms with Gasteiger partial charge in [0, 0.05) is 17.6 Å². The normalized spacial score (nSPS) is 24.3. The van der Waals surface area contributed by atoms with E-state index in [-0.39, 0.29) is 12.0 Å². The smallest absolute Gasteiger partial charge is 0.241 e. The van der Waals surface area contributed by atoms with Crippen LogP contribution in [0.5, 0.6) is 0 Å². The summed E-state index contributed by atoms with van der Waals surface area (Å²) in [5, 5.41) is 0.218. The van der Waals surface area contributed by atoms with Crippen LogP contribution in [0.15, 0.2) is 23.4 Å². The van der Waals surface area contributed by atoms with E-state index in [1.165, 1.54) is 12.3 Å². The molecule has 18 heavy (non-hydrogen) atoms. The number of sulfonamides is 1. The van der Waals surface area contributed by atoms with Crippen LogP contribution in [-0.4, -0.2) is 24.8 Å². The third-order valence-corrected chi connectivity index (χ3v) is 5.40. The molecular formula is C11H14BrFN2O2S. The predicted molar refractivity (Wildman–Crippen MR) is 69.4 cm³/mol. The van der Waals surface area contributed by atoms with E-state index >= 15 is 0 Å². The molecule has 100 valence electrons. The number of nitrogens with one attached hydrogen (secondary N) is 1. The van der Waals surface area contributed by atoms with Gasteiger partial charge in [-0.2, -0.15) is 0 Å². The Bertz CT molecular complexity index is 524. The maximum atomic E-state index is 13.4. The van der Waals surface area contributed by atoms with Crippen molar-refractivity contribution in [2.24, 2.45) is 5.92 Å². The molecule has 1 aliphatic rings. The summed E-state index contributed by atoms with van der Waals surface area (Å²) < 4.78 is 40.1. The van der Waals surface area contributed by atoms with Gasteiger partial charge in [0.1, 0.15) is 0 Å². The van der Waals surface area contributed by atoms with Crippen LogP contribution < -0.4 is 4.72 Å². The summed E-state index contributed by atoms with van der Waals surface area (Å²) in [7, 11) is -3.87. The lowest BCUT2D eigenvalue weighted by molar-refractivity contribution is 0.477. The van der Waals surface area contributed by atoms with Crippen LogP contribution in [0, 0.1) is 11.7 Å². The molecular weight excluding hydrogens is 323 g/mol. The zero-order valence-electron chi connectivity index (χ0n) is 9.64. The van der Waals surface area contributed by atoms with Crippen molar-refractivity contribution in [3.63, 3.8) is 0 Å². The largest absolute Gasteiger partial charge is 0.261 e. The van der Waals surface area contributed by atoms with Crippen molar-refractivity contribution >= 4 is 26.0 Å². The minimum atomic E-state index is -3.87. The van der Waals surface area contributed by atoms with Gasteiger partial charge in [-0.25, -0.2) is 22.5 Å². The molecule has 1 fully saturated rings. The average molecular weight is 337 g/mol. The highest BCUT2D eigenvalue weighted by molar-refractivity contribution is 9.09. The van der Waals surface area contributed by atoms with Crippen LogP contribution in [0.4, 0.5) is 4.39 Å². The van der Waals surface area contributed by atoms with Crippen molar-refractivity contribution in [3.05, 3.63) is 24.1 Å². The lowest BCUT2D eigenvalue weighted by Crippen LogP contribution is -2.38. The standard InChI is InChI=1S/C11H14BrFN2O2S/c12-7-8-3-1-5-10(8)15-18(16,17)11-9(13)4-2-6-14-11/h2,4,6,8,10,15H,1,3,5,7H2. The maximum Gasteiger partial charge on any atom is 0.261 e. The molecule has 1 saturated carbocycles. The lowest BCUT2D eigenvalue weighted by atomic mass is 10.1. The van der Waals surface area contributed by atoms with Crippen molar-refractivity contribution in [1.82, 2.24) is 9.71 Å². The first-order chi connectivity index (χ1) is 8.54. The Labute approximate surface area is 114 Å². The Morgan fingerprint density at radius 2 is 2.28 bits per heavy atom. The van der Waals surface area contributed by atoms with E-state index in [1.807, 2.05) is 0 Å². The zero-order valence-corrected chi connectivity index (χ0v) is 12.0. The van der Waals surface area contributed by atoms with Crippen molar-refractivity contribution < 1.29 is 12.8 Å². The van der Waals surface area contributed by atoms with Crippen LogP contribution in [-0.2, 0) is 10.0 Å². The summed E-state index contributed by atoms with van der Waals surface area (Å²) in [4.78, 5) is 3.61. The first kappa shape index (κ1) is 13.9. The number of alkyl halides is 1. The fraction of sp³-hybridized carbons (Fsp3) is 0.545. The topological polar surface area (TPSA) is 59.1 Å². The van der Waals surface area contributed by atoms with E-state index in [4.69, 9.17) is 0 Å². The summed E-state index contributed by atoms with van der Waals surface area (Å²) >= 11 is 3.37. The summed E-state index contributed by atoms with van der Waals surface area (Å²) in [6, 6.07) is 2.32. The first-order valence-electron chi connectivity index (χ1n) is 5.73. The van der Waals surface area contributed by atoms with E-state index in [0.29, 0.717) is 0 Å². The fourth-order valence-corrected chi connectivity index (χ4v) is 4.32. The van der Waals surface area contributed by atoms with E-state index < -0.39 is 20.9 Å². The second-order valence-corrected chi connectivity index (χ2v) is 6.64. The van der Waals surface area contributed by atoms with Gasteiger partial charge in [-0.1, -0.05) is 22.4 Å². The minimum absolute atomic E-state index is 0.143. The number of hydrogen-bond donors (Lipinski definition) is 1. The van der Waals surface area contributed by atoms with Gasteiger partial charge in [-0.3, -0.25) is 0 Å². The molecule has 0 aliphatic heterocycles. The third kappa shape index (κ3) is 2.89. The quantitative estimate of drug-likeness (QED) is 0.856. The minimum Gasteiger partial charge on any atom is -0.241 e. The molecule has 1 N–H and O–H groups in total. The molecule has 0 bridgehead atoms. The molecule has 7 heteroatoms. The van der Waals surface area contributed by atoms with Gasteiger partial charge in [0.15, 0.2) is 5.82 Å². The molecule has 2 rings (SSSR count). The molecule has 0 saturated heterocycles. The lowest BCUT2D eigenvalue weighted by Gasteiger charge is -2.18. The van der Waals surface area contributed by atoms with Gasteiger partial charge in [-0.15, -0.1) is 0 Å². The molecule has 2 atom stereocenters. The molecule has 0 spiro atoms. The number of hydrogen-bond acceptors (Lipinski definition) is 3. The molecule has 0 radical (unpaired) electrons. The van der Waals surface area contributed by atoms with E-state index in [0.717, 1.165) is 30.7 Å². The fourth-order valence-electron chi connectivity index (χ4n) is 2.20. The SMILES string of the molecule is O=S(=O)(NC1CCCC1CBr)c1ncccc1F. The Morgan fingerprint density at radius 3 is 2.94 bits per heavy atom. The van der Waals surface area contributed by atoms with Crippen molar-refractivity contribution in [2.45, 2.75) is 30.3 Å². The Kier molecular flexibility index (Phi) is 4.34. The molecule has 4 nitrogen and oxygen atoms in total. The van der Waals surface area contributed by atoms with Crippen LogP contribution in [0.2, 0.25) is 0 Å². The van der Waals surface area contributed by atoms with Gasteiger partial charge < -0.3 is 0 Å². The number of pyridine rings is 1. The van der Waals surface area contributed by atoms with Crippen LogP contribution in [0.25, 0.3) is 0 Å². The van der Waals surface area contributed by atoms with Gasteiger partial charge in [0.25, 0.3) is 10.0 Å². The monoisotopic (exact) mass is 336 g/mol. The summed E-state index contributed by atoms with van der Waals surface area (Å²) in [6.07, 6.45) is 4.01. The molecule has 1 aromatic heterocycles. The van der Waals surface area contributed by atoms with E-state index in [9.17, 15) is 12.8 Å². The Morgan fingerprint density at radius 1 is 1.50 bits per heavy atom. The molecule has 0 aromatic carbocycles. The van der Waals surface area contributed by atoms with Crippen LogP contribution >= 0.6 is 15.9 Å². The predicted octanol–water partition coefficient (Wildman–Crippen LogP) is 2.06. The summed E-state index contributed by atoms with van der Waals surface area (Å²) in [5.74, 6) is -0.565. The molecule has 2 unspecified atom stereocenters.